The van der Waals surface area contributed by atoms with Crippen LogP contribution < -0.4 is 16.1 Å². The third-order valence-corrected chi connectivity index (χ3v) is 3.00. The highest BCUT2D eigenvalue weighted by molar-refractivity contribution is 5.99. The molecule has 0 spiro atoms. The van der Waals surface area contributed by atoms with Crippen LogP contribution in [0.4, 0.5) is 10.5 Å². The molecule has 0 atom stereocenters. The van der Waals surface area contributed by atoms with Crippen LogP contribution >= 0.6 is 0 Å². The van der Waals surface area contributed by atoms with Gasteiger partial charge in [-0.2, -0.15) is 5.10 Å². The fraction of sp³-hybridized carbons (Fsp3) is 0.385. The number of carbonyl (C=O) groups excluding carboxylic acids is 1. The average molecular weight is 262 g/mol. The van der Waals surface area contributed by atoms with E-state index in [1.807, 2.05) is 31.2 Å². The Hall–Kier alpha value is -2.08. The number of primary amides is 1. The lowest BCUT2D eigenvalue weighted by atomic mass is 10.1. The summed E-state index contributed by atoms with van der Waals surface area (Å²) >= 11 is 0. The molecule has 3 N–H and O–H groups in total. The van der Waals surface area contributed by atoms with Crippen LogP contribution in [0.5, 0.6) is 0 Å². The fourth-order valence-electron chi connectivity index (χ4n) is 1.94. The summed E-state index contributed by atoms with van der Waals surface area (Å²) in [5.41, 5.74) is 10.0. The molecule has 0 aliphatic carbocycles. The lowest BCUT2D eigenvalue weighted by Crippen LogP contribution is -2.36. The molecule has 0 saturated carbocycles. The zero-order valence-corrected chi connectivity index (χ0v) is 10.9. The van der Waals surface area contributed by atoms with Crippen molar-refractivity contribution >= 4 is 17.4 Å². The van der Waals surface area contributed by atoms with Crippen molar-refractivity contribution in [3.63, 3.8) is 0 Å². The van der Waals surface area contributed by atoms with E-state index in [2.05, 4.69) is 15.4 Å². The van der Waals surface area contributed by atoms with Crippen molar-refractivity contribution in [3.8, 4) is 0 Å². The summed E-state index contributed by atoms with van der Waals surface area (Å²) in [6.45, 7) is 5.18. The molecule has 1 aliphatic rings. The monoisotopic (exact) mass is 262 g/mol. The number of hydrazone groups is 1. The van der Waals surface area contributed by atoms with Gasteiger partial charge in [-0.3, -0.25) is 0 Å². The van der Waals surface area contributed by atoms with Crippen molar-refractivity contribution in [2.24, 2.45) is 10.8 Å². The van der Waals surface area contributed by atoms with Crippen molar-refractivity contribution in [2.75, 3.05) is 31.2 Å². The standard InChI is InChI=1S/C13H18N4O2/c1-10(15-16-13(14)18)11-2-4-12(5-3-11)17-6-8-19-9-7-17/h2-5H,6-9H2,1H3,(H3,14,16,18)/b15-10-. The Morgan fingerprint density at radius 3 is 2.53 bits per heavy atom. The number of urea groups is 1. The molecule has 1 heterocycles. The van der Waals surface area contributed by atoms with Gasteiger partial charge in [-0.1, -0.05) is 12.1 Å². The number of benzene rings is 1. The predicted octanol–water partition coefficient (Wildman–Crippen LogP) is 0.915. The van der Waals surface area contributed by atoms with Gasteiger partial charge in [0.05, 0.1) is 18.9 Å². The van der Waals surface area contributed by atoms with Crippen LogP contribution in [0.2, 0.25) is 0 Å². The smallest absolute Gasteiger partial charge is 0.332 e. The number of ether oxygens (including phenoxy) is 1. The van der Waals surface area contributed by atoms with Gasteiger partial charge in [0, 0.05) is 18.8 Å². The van der Waals surface area contributed by atoms with Crippen molar-refractivity contribution in [2.45, 2.75) is 6.92 Å². The van der Waals surface area contributed by atoms with Crippen LogP contribution in [0.15, 0.2) is 29.4 Å². The summed E-state index contributed by atoms with van der Waals surface area (Å²) in [5, 5.41) is 3.89. The number of morpholine rings is 1. The molecule has 0 unspecified atom stereocenters. The van der Waals surface area contributed by atoms with Crippen LogP contribution in [0.3, 0.4) is 0 Å². The molecule has 102 valence electrons. The minimum absolute atomic E-state index is 0.663. The van der Waals surface area contributed by atoms with E-state index in [1.54, 1.807) is 0 Å². The normalized spacial score (nSPS) is 16.3. The highest BCUT2D eigenvalue weighted by Gasteiger charge is 2.10. The van der Waals surface area contributed by atoms with Gasteiger partial charge in [0.15, 0.2) is 0 Å². The maximum Gasteiger partial charge on any atom is 0.332 e. The van der Waals surface area contributed by atoms with E-state index in [4.69, 9.17) is 10.5 Å². The summed E-state index contributed by atoms with van der Waals surface area (Å²) in [7, 11) is 0. The predicted molar refractivity (Wildman–Crippen MR) is 74.4 cm³/mol. The largest absolute Gasteiger partial charge is 0.378 e. The maximum atomic E-state index is 10.6. The number of nitrogens with two attached hydrogens (primary N) is 1. The van der Waals surface area contributed by atoms with Gasteiger partial charge in [0.25, 0.3) is 0 Å². The summed E-state index contributed by atoms with van der Waals surface area (Å²) in [5.74, 6) is 0. The molecule has 2 amide bonds. The number of carbonyl (C=O) groups is 1. The Bertz CT molecular complexity index is 464. The number of hydrogen-bond acceptors (Lipinski definition) is 4. The Balaban J connectivity index is 2.05. The van der Waals surface area contributed by atoms with E-state index < -0.39 is 6.03 Å². The third kappa shape index (κ3) is 3.69. The molecule has 1 fully saturated rings. The van der Waals surface area contributed by atoms with E-state index in [0.29, 0.717) is 5.71 Å². The van der Waals surface area contributed by atoms with Gasteiger partial charge in [-0.25, -0.2) is 10.2 Å². The minimum atomic E-state index is -0.663. The Morgan fingerprint density at radius 2 is 1.95 bits per heavy atom. The van der Waals surface area contributed by atoms with E-state index in [9.17, 15) is 4.79 Å². The van der Waals surface area contributed by atoms with Crippen LogP contribution in [-0.4, -0.2) is 38.0 Å². The number of amides is 2. The summed E-state index contributed by atoms with van der Waals surface area (Å²) in [4.78, 5) is 12.9. The molecule has 1 aromatic rings. The molecule has 1 aromatic carbocycles. The van der Waals surface area contributed by atoms with Gasteiger partial charge in [0.1, 0.15) is 0 Å². The SMILES string of the molecule is C/C(=N/NC(N)=O)c1ccc(N2CCOCC2)cc1. The first kappa shape index (κ1) is 13.4. The lowest BCUT2D eigenvalue weighted by molar-refractivity contribution is 0.122. The number of nitrogens with zero attached hydrogens (tertiary/aromatic N) is 2. The minimum Gasteiger partial charge on any atom is -0.378 e. The Kier molecular flexibility index (Phi) is 4.35. The Morgan fingerprint density at radius 1 is 1.32 bits per heavy atom. The van der Waals surface area contributed by atoms with E-state index in [-0.39, 0.29) is 0 Å². The zero-order valence-electron chi connectivity index (χ0n) is 10.9. The van der Waals surface area contributed by atoms with Gasteiger partial charge in [-0.05, 0) is 24.6 Å². The number of nitrogens with one attached hydrogen (secondary N) is 1. The first-order valence-corrected chi connectivity index (χ1v) is 6.19. The molecule has 1 saturated heterocycles. The van der Waals surface area contributed by atoms with Crippen LogP contribution in [0.25, 0.3) is 0 Å². The molecule has 0 bridgehead atoms. The second-order valence-corrected chi connectivity index (χ2v) is 4.32. The van der Waals surface area contributed by atoms with E-state index >= 15 is 0 Å². The second kappa shape index (κ2) is 6.19. The topological polar surface area (TPSA) is 79.9 Å². The number of hydrogen-bond donors (Lipinski definition) is 2. The van der Waals surface area contributed by atoms with Crippen LogP contribution in [-0.2, 0) is 4.74 Å². The highest BCUT2D eigenvalue weighted by atomic mass is 16.5. The van der Waals surface area contributed by atoms with Gasteiger partial charge in [0.2, 0.25) is 0 Å². The van der Waals surface area contributed by atoms with E-state index in [0.717, 1.165) is 31.9 Å². The molecule has 6 nitrogen and oxygen atoms in total. The van der Waals surface area contributed by atoms with Crippen molar-refractivity contribution < 1.29 is 9.53 Å². The molecular weight excluding hydrogens is 244 g/mol. The number of rotatable bonds is 3. The first-order chi connectivity index (χ1) is 9.16. The zero-order chi connectivity index (χ0) is 13.7. The summed E-state index contributed by atoms with van der Waals surface area (Å²) in [6, 6.07) is 7.39. The molecule has 19 heavy (non-hydrogen) atoms. The quantitative estimate of drug-likeness (QED) is 0.628. The fourth-order valence-corrected chi connectivity index (χ4v) is 1.94. The summed E-state index contributed by atoms with van der Waals surface area (Å²) in [6.07, 6.45) is 0. The molecule has 1 aliphatic heterocycles. The first-order valence-electron chi connectivity index (χ1n) is 6.19. The number of anilines is 1. The van der Waals surface area contributed by atoms with Crippen LogP contribution in [0, 0.1) is 0 Å². The van der Waals surface area contributed by atoms with E-state index in [1.165, 1.54) is 5.69 Å². The van der Waals surface area contributed by atoms with Gasteiger partial charge < -0.3 is 15.4 Å². The summed E-state index contributed by atoms with van der Waals surface area (Å²) < 4.78 is 5.32. The maximum absolute atomic E-state index is 10.6. The van der Waals surface area contributed by atoms with Gasteiger partial charge in [-0.15, -0.1) is 0 Å². The average Bonchev–Trinajstić information content (AvgIpc) is 2.46. The molecule has 6 heteroatoms. The van der Waals surface area contributed by atoms with Crippen LogP contribution in [0.1, 0.15) is 12.5 Å². The van der Waals surface area contributed by atoms with Crippen molar-refractivity contribution in [1.29, 1.82) is 0 Å². The van der Waals surface area contributed by atoms with Gasteiger partial charge >= 0.3 is 6.03 Å². The molecule has 0 aromatic heterocycles. The second-order valence-electron chi connectivity index (χ2n) is 4.32. The Labute approximate surface area is 112 Å². The molecule has 0 radical (unpaired) electrons. The molecule has 2 rings (SSSR count). The highest BCUT2D eigenvalue weighted by Crippen LogP contribution is 2.16. The molecular formula is C13H18N4O2. The lowest BCUT2D eigenvalue weighted by Gasteiger charge is -2.28. The van der Waals surface area contributed by atoms with Crippen molar-refractivity contribution in [1.82, 2.24) is 5.43 Å². The third-order valence-electron chi connectivity index (χ3n) is 3.00. The van der Waals surface area contributed by atoms with Crippen molar-refractivity contribution in [3.05, 3.63) is 29.8 Å².